The maximum atomic E-state index is 13.1. The highest BCUT2D eigenvalue weighted by atomic mass is 32.1. The highest BCUT2D eigenvalue weighted by molar-refractivity contribution is 7.10. The second kappa shape index (κ2) is 6.24. The van der Waals surface area contributed by atoms with Crippen molar-refractivity contribution in [3.63, 3.8) is 0 Å². The molecule has 2 amide bonds. The van der Waals surface area contributed by atoms with Gasteiger partial charge in [0.25, 0.3) is 0 Å². The van der Waals surface area contributed by atoms with Crippen molar-refractivity contribution in [3.8, 4) is 0 Å². The lowest BCUT2D eigenvalue weighted by molar-refractivity contribution is -0.135. The Balaban J connectivity index is 1.80. The van der Waals surface area contributed by atoms with Gasteiger partial charge in [-0.15, -0.1) is 11.3 Å². The number of carbonyl (C=O) groups excluding carboxylic acids is 2. The van der Waals surface area contributed by atoms with Gasteiger partial charge in [0.15, 0.2) is 0 Å². The van der Waals surface area contributed by atoms with E-state index in [2.05, 4.69) is 25.9 Å². The lowest BCUT2D eigenvalue weighted by Gasteiger charge is -2.27. The van der Waals surface area contributed by atoms with Crippen LogP contribution in [0.3, 0.4) is 0 Å². The van der Waals surface area contributed by atoms with Crippen LogP contribution >= 0.6 is 11.3 Å². The Hall–Kier alpha value is -1.40. The number of likely N-dealkylation sites (N-methyl/N-ethyl adjacent to an activating group) is 1. The van der Waals surface area contributed by atoms with Crippen molar-refractivity contribution in [1.29, 1.82) is 0 Å². The second-order valence-corrected chi connectivity index (χ2v) is 8.01. The maximum absolute atomic E-state index is 13.1. The van der Waals surface area contributed by atoms with Crippen molar-refractivity contribution in [2.24, 2.45) is 11.8 Å². The van der Waals surface area contributed by atoms with E-state index in [4.69, 9.17) is 0 Å². The third-order valence-corrected chi connectivity index (χ3v) is 6.23. The lowest BCUT2D eigenvalue weighted by Crippen LogP contribution is -2.39. The standard InChI is InChI=1S/C17H25N3O2S/c1-11-9-20(10-13(11)18(2)3)17(22)12-8-15(21)19(4)16(12)14-6-5-7-23-14/h5-7,11-13,16H,8-10H2,1-4H3/t11-,12-,13-,16+/m1/s1. The third-order valence-electron chi connectivity index (χ3n) is 5.29. The zero-order valence-corrected chi connectivity index (χ0v) is 15.0. The number of nitrogens with zero attached hydrogens (tertiary/aromatic N) is 3. The minimum Gasteiger partial charge on any atom is -0.340 e. The molecule has 0 unspecified atom stereocenters. The van der Waals surface area contributed by atoms with Crippen molar-refractivity contribution in [2.75, 3.05) is 34.2 Å². The van der Waals surface area contributed by atoms with Crippen LogP contribution in [0, 0.1) is 11.8 Å². The highest BCUT2D eigenvalue weighted by Crippen LogP contribution is 2.40. The third kappa shape index (κ3) is 2.90. The van der Waals surface area contributed by atoms with Crippen LogP contribution in [0.5, 0.6) is 0 Å². The van der Waals surface area contributed by atoms with E-state index in [1.54, 1.807) is 16.2 Å². The Morgan fingerprint density at radius 2 is 2.09 bits per heavy atom. The molecule has 126 valence electrons. The summed E-state index contributed by atoms with van der Waals surface area (Å²) in [5, 5.41) is 2.01. The van der Waals surface area contributed by atoms with Crippen LogP contribution in [-0.2, 0) is 9.59 Å². The van der Waals surface area contributed by atoms with E-state index >= 15 is 0 Å². The van der Waals surface area contributed by atoms with Crippen LogP contribution in [0.25, 0.3) is 0 Å². The smallest absolute Gasteiger partial charge is 0.228 e. The molecule has 3 heterocycles. The molecule has 23 heavy (non-hydrogen) atoms. The van der Waals surface area contributed by atoms with E-state index in [0.717, 1.165) is 18.0 Å². The molecule has 0 aromatic carbocycles. The van der Waals surface area contributed by atoms with E-state index in [9.17, 15) is 9.59 Å². The summed E-state index contributed by atoms with van der Waals surface area (Å²) >= 11 is 1.62. The molecule has 6 heteroatoms. The van der Waals surface area contributed by atoms with Crippen LogP contribution in [0.15, 0.2) is 17.5 Å². The van der Waals surface area contributed by atoms with Crippen molar-refractivity contribution in [1.82, 2.24) is 14.7 Å². The van der Waals surface area contributed by atoms with Gasteiger partial charge in [0, 0.05) is 37.5 Å². The first-order valence-electron chi connectivity index (χ1n) is 8.14. The van der Waals surface area contributed by atoms with Crippen molar-refractivity contribution in [2.45, 2.75) is 25.4 Å². The zero-order valence-electron chi connectivity index (χ0n) is 14.2. The van der Waals surface area contributed by atoms with Crippen LogP contribution in [0.4, 0.5) is 0 Å². The molecule has 0 aliphatic carbocycles. The Kier molecular flexibility index (Phi) is 4.47. The minimum absolute atomic E-state index is 0.0677. The van der Waals surface area contributed by atoms with Gasteiger partial charge >= 0.3 is 0 Å². The molecule has 2 saturated heterocycles. The van der Waals surface area contributed by atoms with E-state index in [1.807, 2.05) is 29.5 Å². The lowest BCUT2D eigenvalue weighted by atomic mass is 9.97. The first kappa shape index (κ1) is 16.5. The fraction of sp³-hybridized carbons (Fsp3) is 0.647. The van der Waals surface area contributed by atoms with Gasteiger partial charge in [0.1, 0.15) is 0 Å². The first-order valence-corrected chi connectivity index (χ1v) is 9.02. The van der Waals surface area contributed by atoms with Gasteiger partial charge in [-0.3, -0.25) is 9.59 Å². The van der Waals surface area contributed by atoms with Crippen molar-refractivity contribution >= 4 is 23.2 Å². The van der Waals surface area contributed by atoms with Crippen LogP contribution in [0.2, 0.25) is 0 Å². The predicted molar refractivity (Wildman–Crippen MR) is 91.2 cm³/mol. The largest absolute Gasteiger partial charge is 0.340 e. The molecular formula is C17H25N3O2S. The molecule has 1 aromatic rings. The number of rotatable bonds is 3. The van der Waals surface area contributed by atoms with Crippen LogP contribution in [0.1, 0.15) is 24.3 Å². The van der Waals surface area contributed by atoms with Gasteiger partial charge in [0.05, 0.1) is 12.0 Å². The predicted octanol–water partition coefficient (Wildman–Crippen LogP) is 1.68. The number of amides is 2. The Bertz CT molecular complexity index is 587. The molecule has 2 aliphatic heterocycles. The van der Waals surface area contributed by atoms with E-state index < -0.39 is 0 Å². The summed E-state index contributed by atoms with van der Waals surface area (Å²) in [5.41, 5.74) is 0. The molecule has 1 aromatic heterocycles. The van der Waals surface area contributed by atoms with Gasteiger partial charge < -0.3 is 14.7 Å². The summed E-state index contributed by atoms with van der Waals surface area (Å²) in [6.45, 7) is 3.74. The number of hydrogen-bond acceptors (Lipinski definition) is 4. The first-order chi connectivity index (χ1) is 10.9. The van der Waals surface area contributed by atoms with Crippen LogP contribution in [-0.4, -0.2) is 66.8 Å². The monoisotopic (exact) mass is 335 g/mol. The van der Waals surface area contributed by atoms with E-state index in [-0.39, 0.29) is 23.8 Å². The molecule has 0 radical (unpaired) electrons. The molecule has 0 saturated carbocycles. The molecule has 3 rings (SSSR count). The molecule has 0 N–H and O–H groups in total. The molecule has 0 bridgehead atoms. The van der Waals surface area contributed by atoms with Crippen molar-refractivity contribution in [3.05, 3.63) is 22.4 Å². The molecule has 2 aliphatic rings. The fourth-order valence-corrected chi connectivity index (χ4v) is 4.91. The average molecular weight is 335 g/mol. The molecular weight excluding hydrogens is 310 g/mol. The normalized spacial score (nSPS) is 31.4. The number of likely N-dealkylation sites (tertiary alicyclic amines) is 2. The van der Waals surface area contributed by atoms with Gasteiger partial charge in [-0.1, -0.05) is 13.0 Å². The van der Waals surface area contributed by atoms with Crippen molar-refractivity contribution < 1.29 is 9.59 Å². The Morgan fingerprint density at radius 1 is 1.35 bits per heavy atom. The summed E-state index contributed by atoms with van der Waals surface area (Å²) in [5.74, 6) is 0.415. The Morgan fingerprint density at radius 3 is 2.65 bits per heavy atom. The highest BCUT2D eigenvalue weighted by Gasteiger charge is 2.46. The summed E-state index contributed by atoms with van der Waals surface area (Å²) in [6.07, 6.45) is 0.329. The second-order valence-electron chi connectivity index (χ2n) is 7.03. The summed E-state index contributed by atoms with van der Waals surface area (Å²) in [4.78, 5) is 32.3. The average Bonchev–Trinajstić information content (AvgIpc) is 3.19. The van der Waals surface area contributed by atoms with Gasteiger partial charge in [0.2, 0.25) is 11.8 Å². The topological polar surface area (TPSA) is 43.9 Å². The molecule has 5 nitrogen and oxygen atoms in total. The minimum atomic E-state index is -0.251. The summed E-state index contributed by atoms with van der Waals surface area (Å²) < 4.78 is 0. The molecule has 2 fully saturated rings. The van der Waals surface area contributed by atoms with Gasteiger partial charge in [-0.25, -0.2) is 0 Å². The fourth-order valence-electron chi connectivity index (χ4n) is 3.98. The van der Waals surface area contributed by atoms with E-state index in [1.165, 1.54) is 0 Å². The number of carbonyl (C=O) groups is 2. The Labute approximate surface area is 141 Å². The summed E-state index contributed by atoms with van der Waals surface area (Å²) in [7, 11) is 5.95. The number of hydrogen-bond donors (Lipinski definition) is 0. The summed E-state index contributed by atoms with van der Waals surface area (Å²) in [6, 6.07) is 4.30. The molecule has 0 spiro atoms. The SMILES string of the molecule is C[C@@H]1CN(C(=O)[C@@H]2CC(=O)N(C)[C@@H]2c2cccs2)C[C@H]1N(C)C. The zero-order chi connectivity index (χ0) is 16.7. The van der Waals surface area contributed by atoms with E-state index in [0.29, 0.717) is 18.4 Å². The van der Waals surface area contributed by atoms with Gasteiger partial charge in [-0.05, 0) is 31.5 Å². The van der Waals surface area contributed by atoms with Crippen LogP contribution < -0.4 is 0 Å². The van der Waals surface area contributed by atoms with Gasteiger partial charge in [-0.2, -0.15) is 0 Å². The number of thiophene rings is 1. The molecule has 4 atom stereocenters. The maximum Gasteiger partial charge on any atom is 0.228 e. The quantitative estimate of drug-likeness (QED) is 0.844.